The highest BCUT2D eigenvalue weighted by Crippen LogP contribution is 2.22. The Kier molecular flexibility index (Phi) is 9.35. The van der Waals surface area contributed by atoms with Gasteiger partial charge in [-0.05, 0) is 69.2 Å². The summed E-state index contributed by atoms with van der Waals surface area (Å²) in [6.45, 7) is 7.05. The number of pyridine rings is 2. The summed E-state index contributed by atoms with van der Waals surface area (Å²) in [5, 5.41) is 9.33. The van der Waals surface area contributed by atoms with Gasteiger partial charge in [0.15, 0.2) is 0 Å². The zero-order chi connectivity index (χ0) is 31.3. The lowest BCUT2D eigenvalue weighted by atomic mass is 10.0. The van der Waals surface area contributed by atoms with Gasteiger partial charge in [-0.25, -0.2) is 9.78 Å². The van der Waals surface area contributed by atoms with Crippen molar-refractivity contribution in [2.45, 2.75) is 39.3 Å². The first kappa shape index (κ1) is 31.0. The van der Waals surface area contributed by atoms with Crippen LogP contribution in [0.4, 0.5) is 10.5 Å². The molecule has 43 heavy (non-hydrogen) atoms. The molecule has 2 aromatic carbocycles. The lowest BCUT2D eigenvalue weighted by Crippen LogP contribution is -2.40. The summed E-state index contributed by atoms with van der Waals surface area (Å²) in [5.74, 6) is -0.794. The van der Waals surface area contributed by atoms with Crippen molar-refractivity contribution in [2.75, 3.05) is 19.0 Å². The number of hydrogen-bond acceptors (Lipinski definition) is 7. The van der Waals surface area contributed by atoms with Gasteiger partial charge in [-0.3, -0.25) is 14.4 Å². The number of rotatable bonds is 8. The van der Waals surface area contributed by atoms with E-state index in [1.54, 1.807) is 70.2 Å². The quantitative estimate of drug-likeness (QED) is 0.217. The molecule has 12 heteroatoms. The summed E-state index contributed by atoms with van der Waals surface area (Å²) < 4.78 is 10.4. The third-order valence-corrected chi connectivity index (χ3v) is 6.54. The summed E-state index contributed by atoms with van der Waals surface area (Å²) in [4.78, 5) is 58.3. The van der Waals surface area contributed by atoms with E-state index < -0.39 is 35.1 Å². The number of nitrogens with one attached hydrogen (secondary N) is 4. The van der Waals surface area contributed by atoms with Crippen LogP contribution >= 0.6 is 11.6 Å². The van der Waals surface area contributed by atoms with Gasteiger partial charge in [0, 0.05) is 40.5 Å². The number of H-pyrrole nitrogens is 1. The van der Waals surface area contributed by atoms with E-state index in [0.29, 0.717) is 38.6 Å². The zero-order valence-corrected chi connectivity index (χ0v) is 25.1. The van der Waals surface area contributed by atoms with Crippen molar-refractivity contribution in [3.8, 4) is 5.88 Å². The van der Waals surface area contributed by atoms with Crippen molar-refractivity contribution in [3.05, 3.63) is 98.4 Å². The molecule has 0 fully saturated rings. The van der Waals surface area contributed by atoms with E-state index >= 15 is 0 Å². The zero-order valence-electron chi connectivity index (χ0n) is 24.3. The second-order valence-electron chi connectivity index (χ2n) is 10.8. The smallest absolute Gasteiger partial charge is 0.407 e. The molecule has 3 amide bonds. The van der Waals surface area contributed by atoms with Crippen LogP contribution in [0.1, 0.15) is 58.7 Å². The fraction of sp³-hybridized carbons (Fsp3) is 0.258. The number of benzene rings is 2. The van der Waals surface area contributed by atoms with Crippen molar-refractivity contribution in [1.29, 1.82) is 0 Å². The van der Waals surface area contributed by atoms with Crippen LogP contribution < -0.4 is 26.2 Å². The minimum Gasteiger partial charge on any atom is -0.481 e. The van der Waals surface area contributed by atoms with Crippen LogP contribution in [-0.4, -0.2) is 47.1 Å². The average molecular weight is 606 g/mol. The number of nitrogens with zero attached hydrogens (tertiary/aromatic N) is 1. The van der Waals surface area contributed by atoms with Gasteiger partial charge < -0.3 is 30.4 Å². The number of carbonyl (C=O) groups is 3. The number of aryl methyl sites for hydroxylation is 1. The van der Waals surface area contributed by atoms with E-state index in [0.717, 1.165) is 0 Å². The third kappa shape index (κ3) is 8.10. The number of fused-ring (bicyclic) bond motifs is 1. The molecule has 1 unspecified atom stereocenters. The van der Waals surface area contributed by atoms with Crippen LogP contribution in [0.15, 0.2) is 65.6 Å². The second kappa shape index (κ2) is 13.0. The van der Waals surface area contributed by atoms with Crippen LogP contribution in [0.5, 0.6) is 5.88 Å². The Morgan fingerprint density at radius 3 is 2.51 bits per heavy atom. The molecule has 0 aliphatic carbocycles. The van der Waals surface area contributed by atoms with E-state index in [4.69, 9.17) is 21.1 Å². The number of aromatic nitrogens is 2. The van der Waals surface area contributed by atoms with E-state index in [1.807, 2.05) is 0 Å². The van der Waals surface area contributed by atoms with Gasteiger partial charge in [-0.15, -0.1) is 0 Å². The molecule has 4 N–H and O–H groups in total. The number of methoxy groups -OCH3 is 1. The van der Waals surface area contributed by atoms with Crippen molar-refractivity contribution >= 4 is 46.1 Å². The largest absolute Gasteiger partial charge is 0.481 e. The molecule has 0 saturated carbocycles. The standard InChI is InChI=1S/C31H32ClN5O6/c1-17-9-10-19(13-23(17)35-28(39)22-12-20-15-33-26(42-5)14-24(20)36-29(22)40)27(38)37-25(18-7-6-8-21(32)11-18)16-34-30(41)43-31(2,3)4/h6-15,25H,16H2,1-5H3,(H,34,41)(H,35,39)(H,36,40)(H,37,38). The highest BCUT2D eigenvalue weighted by molar-refractivity contribution is 6.30. The molecule has 224 valence electrons. The van der Waals surface area contributed by atoms with E-state index in [-0.39, 0.29) is 17.7 Å². The number of halogens is 1. The van der Waals surface area contributed by atoms with Gasteiger partial charge in [0.05, 0.1) is 18.7 Å². The predicted octanol–water partition coefficient (Wildman–Crippen LogP) is 5.14. The van der Waals surface area contributed by atoms with Gasteiger partial charge in [0.2, 0.25) is 5.88 Å². The van der Waals surface area contributed by atoms with Crippen LogP contribution in [0, 0.1) is 6.92 Å². The molecule has 0 aliphatic heterocycles. The summed E-state index contributed by atoms with van der Waals surface area (Å²) in [6.07, 6.45) is 0.859. The summed E-state index contributed by atoms with van der Waals surface area (Å²) in [5.41, 5.74) is 0.995. The molecule has 2 aromatic heterocycles. The minimum atomic E-state index is -0.691. The first-order chi connectivity index (χ1) is 20.3. The highest BCUT2D eigenvalue weighted by Gasteiger charge is 2.21. The second-order valence-corrected chi connectivity index (χ2v) is 11.2. The van der Waals surface area contributed by atoms with Crippen LogP contribution in [0.2, 0.25) is 5.02 Å². The first-order valence-corrected chi connectivity index (χ1v) is 13.7. The number of hydrogen-bond donors (Lipinski definition) is 4. The van der Waals surface area contributed by atoms with E-state index in [2.05, 4.69) is 25.9 Å². The molecule has 0 bridgehead atoms. The molecule has 1 atom stereocenters. The molecule has 4 rings (SSSR count). The van der Waals surface area contributed by atoms with Gasteiger partial charge in [0.1, 0.15) is 11.2 Å². The Balaban J connectivity index is 1.54. The topological polar surface area (TPSA) is 152 Å². The molecule has 0 saturated heterocycles. The number of ether oxygens (including phenoxy) is 2. The average Bonchev–Trinajstić information content (AvgIpc) is 2.94. The van der Waals surface area contributed by atoms with Crippen molar-refractivity contribution in [1.82, 2.24) is 20.6 Å². The fourth-order valence-corrected chi connectivity index (χ4v) is 4.36. The van der Waals surface area contributed by atoms with Gasteiger partial charge >= 0.3 is 6.09 Å². The number of anilines is 1. The Morgan fingerprint density at radius 1 is 1.05 bits per heavy atom. The molecule has 4 aromatic rings. The molecule has 0 radical (unpaired) electrons. The predicted molar refractivity (Wildman–Crippen MR) is 164 cm³/mol. The third-order valence-electron chi connectivity index (χ3n) is 6.31. The summed E-state index contributed by atoms with van der Waals surface area (Å²) in [6, 6.07) is 14.1. The minimum absolute atomic E-state index is 0.0297. The number of alkyl carbamates (subject to hydrolysis) is 1. The lowest BCUT2D eigenvalue weighted by Gasteiger charge is -2.23. The van der Waals surface area contributed by atoms with E-state index in [1.165, 1.54) is 25.4 Å². The maximum Gasteiger partial charge on any atom is 0.407 e. The summed E-state index contributed by atoms with van der Waals surface area (Å²) >= 11 is 6.19. The number of amides is 3. The normalized spacial score (nSPS) is 11.9. The fourth-order valence-electron chi connectivity index (χ4n) is 4.17. The Labute approximate surface area is 253 Å². The molecule has 2 heterocycles. The van der Waals surface area contributed by atoms with Gasteiger partial charge in [-0.1, -0.05) is 29.8 Å². The van der Waals surface area contributed by atoms with E-state index in [9.17, 15) is 19.2 Å². The molecule has 11 nitrogen and oxygen atoms in total. The molecule has 0 aliphatic rings. The van der Waals surface area contributed by atoms with Crippen LogP contribution in [0.3, 0.4) is 0 Å². The SMILES string of the molecule is COc1cc2[nH]c(=O)c(C(=O)Nc3cc(C(=O)NC(CNC(=O)OC(C)(C)C)c4cccc(Cl)c4)ccc3C)cc2cn1. The van der Waals surface area contributed by atoms with Crippen LogP contribution in [0.25, 0.3) is 10.9 Å². The van der Waals surface area contributed by atoms with Crippen molar-refractivity contribution in [3.63, 3.8) is 0 Å². The maximum absolute atomic E-state index is 13.4. The van der Waals surface area contributed by atoms with Crippen molar-refractivity contribution in [2.24, 2.45) is 0 Å². The Hall–Kier alpha value is -4.90. The molecular weight excluding hydrogens is 574 g/mol. The first-order valence-electron chi connectivity index (χ1n) is 13.3. The van der Waals surface area contributed by atoms with Gasteiger partial charge in [-0.2, -0.15) is 0 Å². The Morgan fingerprint density at radius 2 is 1.81 bits per heavy atom. The van der Waals surface area contributed by atoms with Crippen LogP contribution in [-0.2, 0) is 4.74 Å². The monoisotopic (exact) mass is 605 g/mol. The summed E-state index contributed by atoms with van der Waals surface area (Å²) in [7, 11) is 1.46. The number of aromatic amines is 1. The van der Waals surface area contributed by atoms with Crippen molar-refractivity contribution < 1.29 is 23.9 Å². The lowest BCUT2D eigenvalue weighted by molar-refractivity contribution is 0.0519. The highest BCUT2D eigenvalue weighted by atomic mass is 35.5. The number of carbonyl (C=O) groups excluding carboxylic acids is 3. The maximum atomic E-state index is 13.4. The Bertz CT molecular complexity index is 1750. The molecular formula is C31H32ClN5O6. The van der Waals surface area contributed by atoms with Gasteiger partial charge in [0.25, 0.3) is 17.4 Å². The molecule has 0 spiro atoms.